The summed E-state index contributed by atoms with van der Waals surface area (Å²) in [5.74, 6) is 0.967. The van der Waals surface area contributed by atoms with E-state index in [4.69, 9.17) is 5.11 Å². The largest absolute Gasteiger partial charge is 0.480 e. The van der Waals surface area contributed by atoms with Gasteiger partial charge in [-0.2, -0.15) is 0 Å². The van der Waals surface area contributed by atoms with Crippen LogP contribution in [0.3, 0.4) is 0 Å². The number of carboxylic acid groups (broad SMARTS) is 1. The van der Waals surface area contributed by atoms with E-state index in [9.17, 15) is 4.79 Å². The van der Waals surface area contributed by atoms with Gasteiger partial charge < -0.3 is 5.11 Å². The highest BCUT2D eigenvalue weighted by Gasteiger charge is 2.29. The van der Waals surface area contributed by atoms with Crippen molar-refractivity contribution in [2.45, 2.75) is 51.5 Å². The van der Waals surface area contributed by atoms with Gasteiger partial charge in [-0.1, -0.05) is 19.3 Å². The van der Waals surface area contributed by atoms with Crippen LogP contribution in [0.1, 0.15) is 45.4 Å². The molecule has 1 unspecified atom stereocenters. The minimum atomic E-state index is -0.680. The van der Waals surface area contributed by atoms with E-state index in [0.717, 1.165) is 18.4 Å². The van der Waals surface area contributed by atoms with Gasteiger partial charge in [0.15, 0.2) is 0 Å². The monoisotopic (exact) mass is 225 g/mol. The van der Waals surface area contributed by atoms with Gasteiger partial charge in [-0.3, -0.25) is 9.69 Å². The minimum Gasteiger partial charge on any atom is -0.480 e. The van der Waals surface area contributed by atoms with Crippen LogP contribution in [0.25, 0.3) is 0 Å². The molecule has 1 N–H and O–H groups in total. The molecule has 0 aromatic carbocycles. The average Bonchev–Trinajstić information content (AvgIpc) is 2.93. The third kappa shape index (κ3) is 3.48. The maximum atomic E-state index is 10.8. The van der Waals surface area contributed by atoms with Crippen molar-refractivity contribution in [3.8, 4) is 0 Å². The number of carboxylic acids is 1. The molecule has 3 nitrogen and oxygen atoms in total. The molecule has 0 aromatic heterocycles. The van der Waals surface area contributed by atoms with Crippen LogP contribution in [0.5, 0.6) is 0 Å². The number of aliphatic carboxylic acids is 1. The molecular formula is C13H23NO2. The second-order valence-corrected chi connectivity index (χ2v) is 5.65. The number of nitrogens with zero attached hydrogens (tertiary/aromatic N) is 1. The highest BCUT2D eigenvalue weighted by Crippen LogP contribution is 2.34. The molecule has 92 valence electrons. The van der Waals surface area contributed by atoms with Gasteiger partial charge in [0.25, 0.3) is 0 Å². The smallest absolute Gasteiger partial charge is 0.317 e. The predicted octanol–water partition coefficient (Wildman–Crippen LogP) is 2.36. The molecule has 0 bridgehead atoms. The van der Waals surface area contributed by atoms with E-state index in [1.54, 1.807) is 0 Å². The zero-order valence-corrected chi connectivity index (χ0v) is 10.2. The quantitative estimate of drug-likeness (QED) is 0.723. The SMILES string of the molecule is CC(CC1CCC1)N(CC(=O)O)CC1CC1. The molecule has 0 spiro atoms. The molecule has 0 radical (unpaired) electrons. The van der Waals surface area contributed by atoms with Crippen molar-refractivity contribution in [2.24, 2.45) is 11.8 Å². The number of rotatable bonds is 7. The Labute approximate surface area is 97.8 Å². The van der Waals surface area contributed by atoms with Gasteiger partial charge in [0.2, 0.25) is 0 Å². The normalized spacial score (nSPS) is 23.1. The van der Waals surface area contributed by atoms with Crippen LogP contribution < -0.4 is 0 Å². The van der Waals surface area contributed by atoms with Crippen molar-refractivity contribution in [2.75, 3.05) is 13.1 Å². The van der Waals surface area contributed by atoms with E-state index in [1.165, 1.54) is 38.5 Å². The van der Waals surface area contributed by atoms with Crippen LogP contribution >= 0.6 is 0 Å². The first-order valence-electron chi connectivity index (χ1n) is 6.61. The first-order valence-corrected chi connectivity index (χ1v) is 6.61. The lowest BCUT2D eigenvalue weighted by molar-refractivity contribution is -0.139. The van der Waals surface area contributed by atoms with Gasteiger partial charge in [-0.15, -0.1) is 0 Å². The highest BCUT2D eigenvalue weighted by molar-refractivity contribution is 5.69. The van der Waals surface area contributed by atoms with Crippen molar-refractivity contribution in [1.82, 2.24) is 4.90 Å². The zero-order chi connectivity index (χ0) is 11.5. The van der Waals surface area contributed by atoms with Gasteiger partial charge in [0, 0.05) is 12.6 Å². The number of carbonyl (C=O) groups is 1. The minimum absolute atomic E-state index is 0.227. The third-order valence-corrected chi connectivity index (χ3v) is 4.05. The third-order valence-electron chi connectivity index (χ3n) is 4.05. The maximum Gasteiger partial charge on any atom is 0.317 e. The van der Waals surface area contributed by atoms with Crippen LogP contribution in [-0.4, -0.2) is 35.1 Å². The summed E-state index contributed by atoms with van der Waals surface area (Å²) in [6.45, 7) is 3.42. The first-order chi connectivity index (χ1) is 7.65. The lowest BCUT2D eigenvalue weighted by Gasteiger charge is -2.34. The van der Waals surface area contributed by atoms with E-state index >= 15 is 0 Å². The average molecular weight is 225 g/mol. The van der Waals surface area contributed by atoms with Crippen molar-refractivity contribution >= 4 is 5.97 Å². The summed E-state index contributed by atoms with van der Waals surface area (Å²) < 4.78 is 0. The lowest BCUT2D eigenvalue weighted by atomic mass is 9.81. The molecule has 2 aliphatic carbocycles. The molecule has 0 heterocycles. The molecule has 2 fully saturated rings. The van der Waals surface area contributed by atoms with Gasteiger partial charge in [0.05, 0.1) is 6.54 Å². The Hall–Kier alpha value is -0.570. The Morgan fingerprint density at radius 1 is 1.31 bits per heavy atom. The Bertz CT molecular complexity index is 246. The van der Waals surface area contributed by atoms with Crippen LogP contribution in [-0.2, 0) is 4.79 Å². The Balaban J connectivity index is 1.79. The lowest BCUT2D eigenvalue weighted by Crippen LogP contribution is -2.40. The van der Waals surface area contributed by atoms with Crippen LogP contribution in [0, 0.1) is 11.8 Å². The zero-order valence-electron chi connectivity index (χ0n) is 10.2. The molecule has 0 amide bonds. The predicted molar refractivity (Wildman–Crippen MR) is 63.4 cm³/mol. The second-order valence-electron chi connectivity index (χ2n) is 5.65. The van der Waals surface area contributed by atoms with E-state index < -0.39 is 5.97 Å². The summed E-state index contributed by atoms with van der Waals surface area (Å²) >= 11 is 0. The van der Waals surface area contributed by atoms with Crippen molar-refractivity contribution in [3.05, 3.63) is 0 Å². The standard InChI is InChI=1S/C13H23NO2/c1-10(7-11-3-2-4-11)14(9-13(15)16)8-12-5-6-12/h10-12H,2-9H2,1H3,(H,15,16). The van der Waals surface area contributed by atoms with Gasteiger partial charge >= 0.3 is 5.97 Å². The summed E-state index contributed by atoms with van der Waals surface area (Å²) in [4.78, 5) is 13.0. The molecule has 2 saturated carbocycles. The Morgan fingerprint density at radius 3 is 2.44 bits per heavy atom. The summed E-state index contributed by atoms with van der Waals surface area (Å²) in [6, 6.07) is 0.446. The van der Waals surface area contributed by atoms with Gasteiger partial charge in [-0.05, 0) is 38.0 Å². The van der Waals surface area contributed by atoms with Gasteiger partial charge in [-0.25, -0.2) is 0 Å². The molecule has 0 aliphatic heterocycles. The molecule has 2 aliphatic rings. The molecule has 1 atom stereocenters. The number of hydrogen-bond donors (Lipinski definition) is 1. The molecule has 3 heteroatoms. The fourth-order valence-electron chi connectivity index (χ4n) is 2.57. The maximum absolute atomic E-state index is 10.8. The summed E-state index contributed by atoms with van der Waals surface area (Å²) in [6.07, 6.45) is 7.88. The van der Waals surface area contributed by atoms with E-state index in [2.05, 4.69) is 11.8 Å². The van der Waals surface area contributed by atoms with E-state index in [0.29, 0.717) is 6.04 Å². The fraction of sp³-hybridized carbons (Fsp3) is 0.923. The second kappa shape index (κ2) is 5.17. The number of hydrogen-bond acceptors (Lipinski definition) is 2. The van der Waals surface area contributed by atoms with E-state index in [-0.39, 0.29) is 6.54 Å². The molecule has 0 saturated heterocycles. The summed E-state index contributed by atoms with van der Waals surface area (Å²) in [5.41, 5.74) is 0. The molecule has 0 aromatic rings. The van der Waals surface area contributed by atoms with Crippen molar-refractivity contribution in [1.29, 1.82) is 0 Å². The first kappa shape index (κ1) is 11.9. The molecule has 16 heavy (non-hydrogen) atoms. The van der Waals surface area contributed by atoms with Gasteiger partial charge in [0.1, 0.15) is 0 Å². The molecule has 2 rings (SSSR count). The summed E-state index contributed by atoms with van der Waals surface area (Å²) in [7, 11) is 0. The highest BCUT2D eigenvalue weighted by atomic mass is 16.4. The van der Waals surface area contributed by atoms with Crippen molar-refractivity contribution in [3.63, 3.8) is 0 Å². The fourth-order valence-corrected chi connectivity index (χ4v) is 2.57. The van der Waals surface area contributed by atoms with Crippen LogP contribution in [0.15, 0.2) is 0 Å². The topological polar surface area (TPSA) is 40.5 Å². The Kier molecular flexibility index (Phi) is 3.85. The van der Waals surface area contributed by atoms with Crippen molar-refractivity contribution < 1.29 is 9.90 Å². The van der Waals surface area contributed by atoms with Crippen LogP contribution in [0.4, 0.5) is 0 Å². The summed E-state index contributed by atoms with van der Waals surface area (Å²) in [5, 5.41) is 8.93. The van der Waals surface area contributed by atoms with E-state index in [1.807, 2.05) is 0 Å². The molecular weight excluding hydrogens is 202 g/mol. The Morgan fingerprint density at radius 2 is 2.00 bits per heavy atom. The van der Waals surface area contributed by atoms with Crippen LogP contribution in [0.2, 0.25) is 0 Å².